The van der Waals surface area contributed by atoms with Crippen molar-refractivity contribution in [2.24, 2.45) is 5.92 Å². The highest BCUT2D eigenvalue weighted by molar-refractivity contribution is 7.91. The van der Waals surface area contributed by atoms with Gasteiger partial charge in [0, 0.05) is 6.54 Å². The van der Waals surface area contributed by atoms with Crippen molar-refractivity contribution in [3.8, 4) is 0 Å². The van der Waals surface area contributed by atoms with Crippen molar-refractivity contribution in [3.05, 3.63) is 35.4 Å². The fraction of sp³-hybridized carbons (Fsp3) is 0.533. The van der Waals surface area contributed by atoms with Gasteiger partial charge in [-0.1, -0.05) is 29.8 Å². The van der Waals surface area contributed by atoms with Gasteiger partial charge in [0.1, 0.15) is 0 Å². The van der Waals surface area contributed by atoms with Crippen molar-refractivity contribution in [2.75, 3.05) is 18.1 Å². The lowest BCUT2D eigenvalue weighted by Gasteiger charge is -2.09. The molecule has 0 saturated carbocycles. The first-order chi connectivity index (χ1) is 9.44. The Kier molecular flexibility index (Phi) is 4.81. The molecule has 1 amide bonds. The Morgan fingerprint density at radius 1 is 1.30 bits per heavy atom. The summed E-state index contributed by atoms with van der Waals surface area (Å²) in [4.78, 5) is 11.8. The Morgan fingerprint density at radius 3 is 2.60 bits per heavy atom. The van der Waals surface area contributed by atoms with Gasteiger partial charge in [0.05, 0.1) is 17.9 Å². The van der Waals surface area contributed by atoms with Crippen LogP contribution in [0, 0.1) is 12.8 Å². The highest BCUT2D eigenvalue weighted by atomic mass is 32.2. The largest absolute Gasteiger partial charge is 0.356 e. The summed E-state index contributed by atoms with van der Waals surface area (Å²) in [5, 5.41) is 2.87. The Labute approximate surface area is 120 Å². The maximum absolute atomic E-state index is 11.8. The molecule has 20 heavy (non-hydrogen) atoms. The fourth-order valence-electron chi connectivity index (χ4n) is 2.47. The van der Waals surface area contributed by atoms with E-state index in [1.807, 2.05) is 31.2 Å². The van der Waals surface area contributed by atoms with E-state index in [4.69, 9.17) is 0 Å². The monoisotopic (exact) mass is 295 g/mol. The zero-order valence-corrected chi connectivity index (χ0v) is 12.6. The number of aryl methyl sites for hydroxylation is 1. The van der Waals surface area contributed by atoms with Crippen LogP contribution in [0.1, 0.15) is 24.0 Å². The first kappa shape index (κ1) is 15.0. The molecule has 1 N–H and O–H groups in total. The molecular formula is C15H21NO3S. The van der Waals surface area contributed by atoms with E-state index in [1.54, 1.807) is 0 Å². The number of hydrogen-bond acceptors (Lipinski definition) is 3. The lowest BCUT2D eigenvalue weighted by Crippen LogP contribution is -2.27. The van der Waals surface area contributed by atoms with Gasteiger partial charge in [-0.2, -0.15) is 0 Å². The number of carbonyl (C=O) groups excluding carboxylic acids is 1. The molecule has 1 heterocycles. The maximum Gasteiger partial charge on any atom is 0.224 e. The number of amides is 1. The third kappa shape index (κ3) is 4.63. The minimum absolute atomic E-state index is 0.00490. The molecule has 0 aliphatic carbocycles. The molecule has 0 radical (unpaired) electrons. The van der Waals surface area contributed by atoms with Crippen LogP contribution in [0.5, 0.6) is 0 Å². The molecule has 1 aromatic carbocycles. The first-order valence-corrected chi connectivity index (χ1v) is 8.79. The van der Waals surface area contributed by atoms with Crippen LogP contribution in [-0.4, -0.2) is 32.4 Å². The molecular weight excluding hydrogens is 274 g/mol. The molecule has 4 nitrogen and oxygen atoms in total. The van der Waals surface area contributed by atoms with E-state index in [9.17, 15) is 13.2 Å². The summed E-state index contributed by atoms with van der Waals surface area (Å²) in [6.45, 7) is 2.57. The molecule has 1 unspecified atom stereocenters. The second-order valence-electron chi connectivity index (χ2n) is 5.57. The molecule has 1 fully saturated rings. The van der Waals surface area contributed by atoms with Crippen molar-refractivity contribution in [1.82, 2.24) is 5.32 Å². The van der Waals surface area contributed by atoms with Crippen molar-refractivity contribution in [3.63, 3.8) is 0 Å². The predicted molar refractivity (Wildman–Crippen MR) is 79.3 cm³/mol. The number of rotatable bonds is 5. The summed E-state index contributed by atoms with van der Waals surface area (Å²) in [5.41, 5.74) is 2.17. The summed E-state index contributed by atoms with van der Waals surface area (Å²) in [6, 6.07) is 7.90. The van der Waals surface area contributed by atoms with Crippen molar-refractivity contribution in [1.29, 1.82) is 0 Å². The van der Waals surface area contributed by atoms with Gasteiger partial charge in [0.15, 0.2) is 9.84 Å². The minimum atomic E-state index is -2.81. The number of carbonyl (C=O) groups is 1. The highest BCUT2D eigenvalue weighted by Gasteiger charge is 2.27. The van der Waals surface area contributed by atoms with E-state index in [2.05, 4.69) is 5.32 Å². The average Bonchev–Trinajstić information content (AvgIpc) is 2.72. The smallest absolute Gasteiger partial charge is 0.224 e. The number of benzene rings is 1. The van der Waals surface area contributed by atoms with Gasteiger partial charge in [0.2, 0.25) is 5.91 Å². The van der Waals surface area contributed by atoms with Gasteiger partial charge in [0.25, 0.3) is 0 Å². The zero-order chi connectivity index (χ0) is 14.6. The van der Waals surface area contributed by atoms with E-state index in [1.165, 1.54) is 5.56 Å². The van der Waals surface area contributed by atoms with Gasteiger partial charge < -0.3 is 5.32 Å². The summed E-state index contributed by atoms with van der Waals surface area (Å²) in [6.07, 6.45) is 1.86. The van der Waals surface area contributed by atoms with Crippen molar-refractivity contribution < 1.29 is 13.2 Å². The van der Waals surface area contributed by atoms with Crippen LogP contribution in [-0.2, 0) is 21.1 Å². The Hall–Kier alpha value is -1.36. The summed E-state index contributed by atoms with van der Waals surface area (Å²) in [7, 11) is -2.81. The third-order valence-electron chi connectivity index (χ3n) is 3.69. The lowest BCUT2D eigenvalue weighted by molar-refractivity contribution is -0.120. The van der Waals surface area contributed by atoms with Crippen LogP contribution in [0.25, 0.3) is 0 Å². The first-order valence-electron chi connectivity index (χ1n) is 6.97. The molecule has 0 bridgehead atoms. The van der Waals surface area contributed by atoms with E-state index in [-0.39, 0.29) is 17.6 Å². The standard InChI is InChI=1S/C15H21NO3S/c1-12-2-4-13(5-3-12)10-15(17)16-8-6-14-7-9-20(18,19)11-14/h2-5,14H,6-11H2,1H3,(H,16,17). The molecule has 1 aromatic rings. The fourth-order valence-corrected chi connectivity index (χ4v) is 4.38. The van der Waals surface area contributed by atoms with Gasteiger partial charge in [-0.05, 0) is 31.2 Å². The third-order valence-corrected chi connectivity index (χ3v) is 5.52. The van der Waals surface area contributed by atoms with Crippen LogP contribution < -0.4 is 5.32 Å². The predicted octanol–water partition coefficient (Wildman–Crippen LogP) is 1.48. The van der Waals surface area contributed by atoms with Crippen LogP contribution in [0.2, 0.25) is 0 Å². The Balaban J connectivity index is 1.69. The summed E-state index contributed by atoms with van der Waals surface area (Å²) < 4.78 is 22.6. The zero-order valence-electron chi connectivity index (χ0n) is 11.8. The van der Waals surface area contributed by atoms with E-state index >= 15 is 0 Å². The second-order valence-corrected chi connectivity index (χ2v) is 7.80. The lowest BCUT2D eigenvalue weighted by atomic mass is 10.1. The molecule has 1 atom stereocenters. The highest BCUT2D eigenvalue weighted by Crippen LogP contribution is 2.20. The molecule has 0 aromatic heterocycles. The molecule has 1 aliphatic rings. The molecule has 5 heteroatoms. The van der Waals surface area contributed by atoms with Crippen LogP contribution >= 0.6 is 0 Å². The van der Waals surface area contributed by atoms with Crippen molar-refractivity contribution >= 4 is 15.7 Å². The molecule has 1 aliphatic heterocycles. The van der Waals surface area contributed by atoms with E-state index in [0.717, 1.165) is 18.4 Å². The number of hydrogen-bond donors (Lipinski definition) is 1. The topological polar surface area (TPSA) is 63.2 Å². The number of nitrogens with one attached hydrogen (secondary N) is 1. The molecule has 1 saturated heterocycles. The number of sulfone groups is 1. The molecule has 2 rings (SSSR count). The Bertz CT molecular complexity index is 563. The molecule has 110 valence electrons. The van der Waals surface area contributed by atoms with Crippen LogP contribution in [0.4, 0.5) is 0 Å². The quantitative estimate of drug-likeness (QED) is 0.895. The summed E-state index contributed by atoms with van der Waals surface area (Å²) in [5.74, 6) is 0.782. The summed E-state index contributed by atoms with van der Waals surface area (Å²) >= 11 is 0. The van der Waals surface area contributed by atoms with E-state index in [0.29, 0.717) is 18.7 Å². The van der Waals surface area contributed by atoms with Gasteiger partial charge >= 0.3 is 0 Å². The molecule has 0 spiro atoms. The van der Waals surface area contributed by atoms with Gasteiger partial charge in [-0.15, -0.1) is 0 Å². The average molecular weight is 295 g/mol. The Morgan fingerprint density at radius 2 is 2.00 bits per heavy atom. The van der Waals surface area contributed by atoms with Gasteiger partial charge in [-0.25, -0.2) is 8.42 Å². The van der Waals surface area contributed by atoms with Crippen molar-refractivity contribution in [2.45, 2.75) is 26.2 Å². The second kappa shape index (κ2) is 6.39. The van der Waals surface area contributed by atoms with Gasteiger partial charge in [-0.3, -0.25) is 4.79 Å². The SMILES string of the molecule is Cc1ccc(CC(=O)NCCC2CCS(=O)(=O)C2)cc1. The minimum Gasteiger partial charge on any atom is -0.356 e. The van der Waals surface area contributed by atoms with Crippen LogP contribution in [0.3, 0.4) is 0 Å². The van der Waals surface area contributed by atoms with Crippen LogP contribution in [0.15, 0.2) is 24.3 Å². The normalized spacial score (nSPS) is 20.8. The maximum atomic E-state index is 11.8. The van der Waals surface area contributed by atoms with E-state index < -0.39 is 9.84 Å².